The fourth-order valence-corrected chi connectivity index (χ4v) is 3.64. The molecule has 0 amide bonds. The van der Waals surface area contributed by atoms with Crippen LogP contribution in [-0.2, 0) is 0 Å². The molecule has 3 rings (SSSR count). The van der Waals surface area contributed by atoms with Crippen molar-refractivity contribution in [1.82, 2.24) is 0 Å². The highest BCUT2D eigenvalue weighted by Gasteiger charge is 2.58. The first-order valence-corrected chi connectivity index (χ1v) is 4.57. The number of nitrogens with two attached hydrogens (primary N) is 1. The van der Waals surface area contributed by atoms with Gasteiger partial charge in [-0.25, -0.2) is 0 Å². The second-order valence-corrected chi connectivity index (χ2v) is 4.68. The van der Waals surface area contributed by atoms with E-state index >= 15 is 0 Å². The van der Waals surface area contributed by atoms with E-state index in [0.717, 1.165) is 17.8 Å². The lowest BCUT2D eigenvalue weighted by atomic mass is 9.58. The van der Waals surface area contributed by atoms with Gasteiger partial charge in [0.2, 0.25) is 0 Å². The minimum atomic E-state index is 0.331. The molecule has 3 saturated carbocycles. The third kappa shape index (κ3) is 0.460. The summed E-state index contributed by atoms with van der Waals surface area (Å²) in [5, 5.41) is 0. The smallest absolute Gasteiger partial charge is 0.0188 e. The van der Waals surface area contributed by atoms with Crippen LogP contribution in [0.5, 0.6) is 0 Å². The zero-order valence-corrected chi connectivity index (χ0v) is 6.34. The van der Waals surface area contributed by atoms with Crippen LogP contribution in [0.2, 0.25) is 0 Å². The van der Waals surface area contributed by atoms with Crippen molar-refractivity contribution in [2.24, 2.45) is 23.5 Å². The van der Waals surface area contributed by atoms with Crippen LogP contribution in [0.25, 0.3) is 0 Å². The van der Waals surface area contributed by atoms with E-state index < -0.39 is 0 Å². The van der Waals surface area contributed by atoms with Crippen LogP contribution >= 0.6 is 0 Å². The van der Waals surface area contributed by atoms with Crippen molar-refractivity contribution in [1.29, 1.82) is 0 Å². The quantitative estimate of drug-likeness (QED) is 0.538. The predicted octanol–water partition coefficient (Wildman–Crippen LogP) is 1.52. The van der Waals surface area contributed by atoms with Crippen molar-refractivity contribution in [2.75, 3.05) is 0 Å². The average molecular weight is 137 g/mol. The number of hydrogen-bond acceptors (Lipinski definition) is 1. The minimum Gasteiger partial charge on any atom is -0.325 e. The van der Waals surface area contributed by atoms with Gasteiger partial charge in [0.05, 0.1) is 0 Å². The molecule has 0 aromatic carbocycles. The summed E-state index contributed by atoms with van der Waals surface area (Å²) in [7, 11) is 0. The molecule has 0 aromatic heterocycles. The highest BCUT2D eigenvalue weighted by molar-refractivity contribution is 5.13. The zero-order valence-electron chi connectivity index (χ0n) is 6.34. The van der Waals surface area contributed by atoms with Crippen LogP contribution in [0.1, 0.15) is 32.1 Å². The maximum absolute atomic E-state index is 6.23. The van der Waals surface area contributed by atoms with E-state index in [9.17, 15) is 0 Å². The Hall–Kier alpha value is -0.0400. The summed E-state index contributed by atoms with van der Waals surface area (Å²) in [6, 6.07) is 0. The van der Waals surface area contributed by atoms with Crippen LogP contribution in [0.3, 0.4) is 0 Å². The Balaban J connectivity index is 1.97. The van der Waals surface area contributed by atoms with Crippen LogP contribution in [0.4, 0.5) is 0 Å². The highest BCUT2D eigenvalue weighted by atomic mass is 14.9. The summed E-state index contributed by atoms with van der Waals surface area (Å²) in [6.45, 7) is 0. The zero-order chi connectivity index (χ0) is 6.77. The molecular weight excluding hydrogens is 122 g/mol. The van der Waals surface area contributed by atoms with Crippen molar-refractivity contribution in [3.8, 4) is 0 Å². The SMILES string of the molecule is NC12CCC3CC(C1)C2C3. The average Bonchev–Trinajstić information content (AvgIpc) is 2.05. The molecule has 10 heavy (non-hydrogen) atoms. The van der Waals surface area contributed by atoms with Crippen molar-refractivity contribution >= 4 is 0 Å². The Kier molecular flexibility index (Phi) is 0.797. The Bertz CT molecular complexity index is 174. The largest absolute Gasteiger partial charge is 0.325 e. The van der Waals surface area contributed by atoms with Gasteiger partial charge >= 0.3 is 0 Å². The van der Waals surface area contributed by atoms with Crippen molar-refractivity contribution in [3.05, 3.63) is 0 Å². The molecule has 0 aliphatic heterocycles. The van der Waals surface area contributed by atoms with E-state index in [1.54, 1.807) is 0 Å². The van der Waals surface area contributed by atoms with E-state index in [4.69, 9.17) is 5.73 Å². The van der Waals surface area contributed by atoms with Gasteiger partial charge in [-0.1, -0.05) is 0 Å². The molecule has 3 aliphatic rings. The monoisotopic (exact) mass is 137 g/mol. The lowest BCUT2D eigenvalue weighted by molar-refractivity contribution is 0.0473. The molecule has 0 saturated heterocycles. The second-order valence-electron chi connectivity index (χ2n) is 4.68. The van der Waals surface area contributed by atoms with Gasteiger partial charge in [0.1, 0.15) is 0 Å². The lowest BCUT2D eigenvalue weighted by Gasteiger charge is -2.51. The molecule has 0 aromatic rings. The van der Waals surface area contributed by atoms with Crippen molar-refractivity contribution < 1.29 is 0 Å². The number of hydrogen-bond donors (Lipinski definition) is 1. The van der Waals surface area contributed by atoms with Gasteiger partial charge in [0.25, 0.3) is 0 Å². The van der Waals surface area contributed by atoms with E-state index in [2.05, 4.69) is 0 Å². The van der Waals surface area contributed by atoms with Crippen molar-refractivity contribution in [3.63, 3.8) is 0 Å². The maximum Gasteiger partial charge on any atom is 0.0188 e. The standard InChI is InChI=1S/C9H15N/c10-9-2-1-6-3-7(5-9)8(9)4-6/h6-8H,1-5,10H2. The van der Waals surface area contributed by atoms with Gasteiger partial charge in [-0.2, -0.15) is 0 Å². The van der Waals surface area contributed by atoms with Crippen LogP contribution < -0.4 is 5.73 Å². The molecule has 3 aliphatic carbocycles. The third-order valence-electron chi connectivity index (χ3n) is 4.19. The summed E-state index contributed by atoms with van der Waals surface area (Å²) in [6.07, 6.45) is 7.11. The Morgan fingerprint density at radius 3 is 3.00 bits per heavy atom. The van der Waals surface area contributed by atoms with Gasteiger partial charge < -0.3 is 5.73 Å². The van der Waals surface area contributed by atoms with Gasteiger partial charge in [-0.15, -0.1) is 0 Å². The van der Waals surface area contributed by atoms with Crippen LogP contribution in [-0.4, -0.2) is 5.54 Å². The summed E-state index contributed by atoms with van der Waals surface area (Å²) in [5.41, 5.74) is 6.56. The Labute approximate surface area is 62.0 Å². The van der Waals surface area contributed by atoms with Gasteiger partial charge in [0, 0.05) is 5.54 Å². The topological polar surface area (TPSA) is 26.0 Å². The number of rotatable bonds is 0. The first-order chi connectivity index (χ1) is 4.78. The summed E-state index contributed by atoms with van der Waals surface area (Å²) in [4.78, 5) is 0. The normalized spacial score (nSPS) is 63.9. The van der Waals surface area contributed by atoms with E-state index in [1.807, 2.05) is 0 Å². The molecule has 1 nitrogen and oxygen atoms in total. The fourth-order valence-electron chi connectivity index (χ4n) is 3.64. The Morgan fingerprint density at radius 1 is 1.30 bits per heavy atom. The predicted molar refractivity (Wildman–Crippen MR) is 40.5 cm³/mol. The molecule has 0 heterocycles. The lowest BCUT2D eigenvalue weighted by Crippen LogP contribution is -2.59. The van der Waals surface area contributed by atoms with Crippen LogP contribution in [0.15, 0.2) is 0 Å². The molecule has 2 N–H and O–H groups in total. The second kappa shape index (κ2) is 1.42. The molecule has 0 spiro atoms. The third-order valence-corrected chi connectivity index (χ3v) is 4.19. The first kappa shape index (κ1) is 5.59. The van der Waals surface area contributed by atoms with E-state index in [1.165, 1.54) is 32.1 Å². The fraction of sp³-hybridized carbons (Fsp3) is 1.00. The molecule has 1 heteroatoms. The summed E-state index contributed by atoms with van der Waals surface area (Å²) in [5.74, 6) is 3.08. The maximum atomic E-state index is 6.23. The van der Waals surface area contributed by atoms with E-state index in [-0.39, 0.29) is 0 Å². The summed E-state index contributed by atoms with van der Waals surface area (Å²) < 4.78 is 0. The summed E-state index contributed by atoms with van der Waals surface area (Å²) >= 11 is 0. The molecule has 4 atom stereocenters. The minimum absolute atomic E-state index is 0.331. The first-order valence-electron chi connectivity index (χ1n) is 4.57. The van der Waals surface area contributed by atoms with Gasteiger partial charge in [-0.05, 0) is 49.9 Å². The van der Waals surface area contributed by atoms with Crippen molar-refractivity contribution in [2.45, 2.75) is 37.6 Å². The highest BCUT2D eigenvalue weighted by Crippen LogP contribution is 2.61. The van der Waals surface area contributed by atoms with Gasteiger partial charge in [-0.3, -0.25) is 0 Å². The molecule has 56 valence electrons. The molecule has 2 bridgehead atoms. The molecular formula is C9H15N. The molecule has 4 unspecified atom stereocenters. The molecule has 0 radical (unpaired) electrons. The molecule has 3 fully saturated rings. The van der Waals surface area contributed by atoms with Crippen LogP contribution in [0, 0.1) is 17.8 Å². The Morgan fingerprint density at radius 2 is 2.20 bits per heavy atom. The van der Waals surface area contributed by atoms with E-state index in [0.29, 0.717) is 5.54 Å². The number of fused-ring (bicyclic) bond motifs is 1. The van der Waals surface area contributed by atoms with Gasteiger partial charge in [0.15, 0.2) is 0 Å².